The minimum absolute atomic E-state index is 0. The van der Waals surface area contributed by atoms with E-state index >= 15 is 0 Å². The lowest BCUT2D eigenvalue weighted by atomic mass is 9.96. The second kappa shape index (κ2) is 16.6. The molecule has 4 rings (SSSR count). The smallest absolute Gasteiger partial charge is 0.204 e. The minimum Gasteiger partial charge on any atom is -0.506 e. The first-order chi connectivity index (χ1) is 15.3. The quantitative estimate of drug-likeness (QED) is 0.427. The van der Waals surface area contributed by atoms with Gasteiger partial charge < -0.3 is 31.1 Å². The number of hydrogen-bond acceptors (Lipinski definition) is 6. The van der Waals surface area contributed by atoms with Crippen LogP contribution in [0.2, 0.25) is 0 Å². The van der Waals surface area contributed by atoms with E-state index in [1.807, 2.05) is 13.0 Å². The normalized spacial score (nSPS) is 17.7. The van der Waals surface area contributed by atoms with Crippen LogP contribution in [0.3, 0.4) is 0 Å². The summed E-state index contributed by atoms with van der Waals surface area (Å²) in [5.74, 6) is 2.00. The van der Waals surface area contributed by atoms with Gasteiger partial charge in [0.25, 0.3) is 0 Å². The van der Waals surface area contributed by atoms with Gasteiger partial charge in [-0.25, -0.2) is 4.98 Å². The van der Waals surface area contributed by atoms with Crippen molar-refractivity contribution in [3.8, 4) is 5.75 Å². The van der Waals surface area contributed by atoms with Crippen LogP contribution in [0.15, 0.2) is 18.2 Å². The fourth-order valence-electron chi connectivity index (χ4n) is 4.71. The summed E-state index contributed by atoms with van der Waals surface area (Å²) in [6, 6.07) is 4.18. The van der Waals surface area contributed by atoms with Gasteiger partial charge >= 0.3 is 0 Å². The molecule has 1 aliphatic carbocycles. The van der Waals surface area contributed by atoms with Gasteiger partial charge in [-0.1, -0.05) is 26.8 Å². The van der Waals surface area contributed by atoms with E-state index in [1.54, 1.807) is 6.07 Å². The number of nitrogens with two attached hydrogens (primary N) is 1. The lowest BCUT2D eigenvalue weighted by molar-refractivity contribution is 0.194. The molecule has 37 heavy (non-hydrogen) atoms. The van der Waals surface area contributed by atoms with Crippen LogP contribution in [-0.2, 0) is 6.54 Å². The van der Waals surface area contributed by atoms with E-state index in [4.69, 9.17) is 10.7 Å². The number of anilines is 1. The number of aromatic nitrogens is 3. The molecule has 2 unspecified atom stereocenters. The van der Waals surface area contributed by atoms with Crippen LogP contribution in [0.5, 0.6) is 5.75 Å². The Balaban J connectivity index is 0. The zero-order chi connectivity index (χ0) is 22.8. The Morgan fingerprint density at radius 2 is 1.76 bits per heavy atom. The number of nitrogens with zero attached hydrogens (tertiary/aromatic N) is 4. The van der Waals surface area contributed by atoms with Crippen molar-refractivity contribution in [3.05, 3.63) is 41.0 Å². The van der Waals surface area contributed by atoms with Gasteiger partial charge in [-0.3, -0.25) is 4.98 Å². The molecular weight excluding hydrogens is 558 g/mol. The van der Waals surface area contributed by atoms with Gasteiger partial charge in [0.05, 0.1) is 17.9 Å². The van der Waals surface area contributed by atoms with Crippen molar-refractivity contribution >= 4 is 61.7 Å². The number of hydrogen-bond donors (Lipinski definition) is 3. The van der Waals surface area contributed by atoms with Gasteiger partial charge in [0, 0.05) is 43.3 Å². The standard InChI is InChI=1S/C25H38N6O.4ClH.H2O/c1-16(2)20(26)14-30-12-10-19(11-13-30)28-25-29-21-7-5-6-17(3)24(21)31(25)15-22-23(32)9-8-18(4)27-22;;;;;/h5,7-9,16-17,19-20,32H,6,10-15,26H2,1-4H3,(H,28,29);4*1H;1H2. The molecule has 2 aromatic heterocycles. The fraction of sp³-hybridized carbons (Fsp3) is 0.600. The third-order valence-electron chi connectivity index (χ3n) is 6.91. The second-order valence-electron chi connectivity index (χ2n) is 9.88. The zero-order valence-corrected chi connectivity index (χ0v) is 25.3. The van der Waals surface area contributed by atoms with Crippen LogP contribution in [0.4, 0.5) is 5.95 Å². The van der Waals surface area contributed by atoms with Crippen molar-refractivity contribution in [2.24, 2.45) is 11.7 Å². The monoisotopic (exact) mass is 600 g/mol. The summed E-state index contributed by atoms with van der Waals surface area (Å²) in [6.45, 7) is 12.2. The molecule has 2 atom stereocenters. The SMILES string of the molecule is Cc1ccc(O)c(Cn2c(NC3CCN(CC(N)C(C)C)CC3)nc3c2C(C)CC=C3)n1.Cl.Cl.Cl.Cl.O. The molecule has 0 spiro atoms. The third kappa shape index (κ3) is 9.17. The summed E-state index contributed by atoms with van der Waals surface area (Å²) in [4.78, 5) is 12.0. The van der Waals surface area contributed by atoms with Crippen LogP contribution < -0.4 is 11.1 Å². The number of nitrogens with one attached hydrogen (secondary N) is 1. The Labute approximate surface area is 245 Å². The molecule has 0 radical (unpaired) electrons. The van der Waals surface area contributed by atoms with Gasteiger partial charge in [0.2, 0.25) is 5.95 Å². The number of piperidine rings is 1. The number of imidazole rings is 1. The van der Waals surface area contributed by atoms with Gasteiger partial charge in [-0.05, 0) is 50.3 Å². The number of allylic oxidation sites excluding steroid dienone is 1. The summed E-state index contributed by atoms with van der Waals surface area (Å²) in [5, 5.41) is 14.1. The number of fused-ring (bicyclic) bond motifs is 1. The molecule has 0 saturated carbocycles. The Hall–Kier alpha value is -1.26. The number of halogens is 4. The maximum Gasteiger partial charge on any atom is 0.204 e. The highest BCUT2D eigenvalue weighted by atomic mass is 35.5. The zero-order valence-electron chi connectivity index (χ0n) is 22.0. The topological polar surface area (TPSA) is 124 Å². The number of likely N-dealkylation sites (tertiary alicyclic amines) is 1. The lowest BCUT2D eigenvalue weighted by Crippen LogP contribution is -2.46. The molecule has 1 fully saturated rings. The van der Waals surface area contributed by atoms with E-state index in [0.717, 1.165) is 56.2 Å². The lowest BCUT2D eigenvalue weighted by Gasteiger charge is -2.34. The Morgan fingerprint density at radius 1 is 1.11 bits per heavy atom. The van der Waals surface area contributed by atoms with Crippen molar-refractivity contribution < 1.29 is 10.6 Å². The predicted octanol–water partition coefficient (Wildman–Crippen LogP) is 4.58. The Bertz CT molecular complexity index is 980. The minimum atomic E-state index is 0. The number of rotatable bonds is 7. The summed E-state index contributed by atoms with van der Waals surface area (Å²) in [7, 11) is 0. The van der Waals surface area contributed by atoms with Gasteiger partial charge in [-0.15, -0.1) is 49.6 Å². The van der Waals surface area contributed by atoms with Gasteiger partial charge in [0.15, 0.2) is 0 Å². The molecule has 12 heteroatoms. The highest BCUT2D eigenvalue weighted by Gasteiger charge is 2.27. The first-order valence-electron chi connectivity index (χ1n) is 12.0. The summed E-state index contributed by atoms with van der Waals surface area (Å²) in [6.07, 6.45) is 7.46. The molecule has 0 amide bonds. The van der Waals surface area contributed by atoms with Crippen LogP contribution in [-0.4, -0.2) is 61.7 Å². The van der Waals surface area contributed by atoms with E-state index in [2.05, 4.69) is 52.7 Å². The molecule has 3 heterocycles. The summed E-state index contributed by atoms with van der Waals surface area (Å²) < 4.78 is 2.23. The van der Waals surface area contributed by atoms with Crippen molar-refractivity contribution in [1.29, 1.82) is 0 Å². The van der Waals surface area contributed by atoms with E-state index in [0.29, 0.717) is 30.1 Å². The number of pyridine rings is 1. The van der Waals surface area contributed by atoms with Crippen molar-refractivity contribution in [2.45, 2.75) is 71.5 Å². The van der Waals surface area contributed by atoms with E-state index < -0.39 is 0 Å². The molecular formula is C25H44Cl4N6O2. The van der Waals surface area contributed by atoms with Crippen LogP contribution in [0.1, 0.15) is 68.7 Å². The molecule has 1 aliphatic heterocycles. The second-order valence-corrected chi connectivity index (χ2v) is 9.88. The maximum absolute atomic E-state index is 10.4. The molecule has 2 aliphatic rings. The van der Waals surface area contributed by atoms with Crippen LogP contribution in [0, 0.1) is 12.8 Å². The summed E-state index contributed by atoms with van der Waals surface area (Å²) in [5.41, 5.74) is 10.1. The molecule has 0 aromatic carbocycles. The van der Waals surface area contributed by atoms with Gasteiger partial charge in [0.1, 0.15) is 11.4 Å². The molecule has 1 saturated heterocycles. The summed E-state index contributed by atoms with van der Waals surface area (Å²) >= 11 is 0. The molecule has 2 aromatic rings. The van der Waals surface area contributed by atoms with Crippen LogP contribution >= 0.6 is 49.6 Å². The molecule has 6 N–H and O–H groups in total. The average molecular weight is 602 g/mol. The van der Waals surface area contributed by atoms with Crippen molar-refractivity contribution in [2.75, 3.05) is 25.0 Å². The third-order valence-corrected chi connectivity index (χ3v) is 6.91. The van der Waals surface area contributed by atoms with Crippen LogP contribution in [0.25, 0.3) is 6.08 Å². The van der Waals surface area contributed by atoms with Crippen molar-refractivity contribution in [1.82, 2.24) is 19.4 Å². The maximum atomic E-state index is 10.4. The number of aryl methyl sites for hydroxylation is 1. The van der Waals surface area contributed by atoms with E-state index in [9.17, 15) is 5.11 Å². The largest absolute Gasteiger partial charge is 0.506 e. The Morgan fingerprint density at radius 3 is 2.38 bits per heavy atom. The molecule has 0 bridgehead atoms. The van der Waals surface area contributed by atoms with Crippen molar-refractivity contribution in [3.63, 3.8) is 0 Å². The van der Waals surface area contributed by atoms with Gasteiger partial charge in [-0.2, -0.15) is 0 Å². The predicted molar refractivity (Wildman–Crippen MR) is 163 cm³/mol. The Kier molecular flexibility index (Phi) is 17.0. The van der Waals surface area contributed by atoms with E-state index in [1.165, 1.54) is 5.69 Å². The highest BCUT2D eigenvalue weighted by Crippen LogP contribution is 2.33. The molecule has 214 valence electrons. The first-order valence-corrected chi connectivity index (χ1v) is 12.0. The fourth-order valence-corrected chi connectivity index (χ4v) is 4.71. The van der Waals surface area contributed by atoms with E-state index in [-0.39, 0.29) is 66.9 Å². The highest BCUT2D eigenvalue weighted by molar-refractivity contribution is 5.86. The average Bonchev–Trinajstić information content (AvgIpc) is 3.10. The first kappa shape index (κ1) is 37.9. The number of aromatic hydroxyl groups is 1. The molecule has 8 nitrogen and oxygen atoms in total.